The van der Waals surface area contributed by atoms with Crippen molar-refractivity contribution in [3.05, 3.63) is 0 Å². The van der Waals surface area contributed by atoms with Crippen molar-refractivity contribution >= 4 is 26.1 Å². The van der Waals surface area contributed by atoms with Gasteiger partial charge in [0, 0.05) is 24.5 Å². The summed E-state index contributed by atoms with van der Waals surface area (Å²) in [4.78, 5) is 0. The van der Waals surface area contributed by atoms with E-state index in [4.69, 9.17) is 0 Å². The fourth-order valence-electron chi connectivity index (χ4n) is 1.78. The maximum absolute atomic E-state index is 12.0. The number of hydrogen-bond acceptors (Lipinski definition) is 2. The summed E-state index contributed by atoms with van der Waals surface area (Å²) < 4.78 is 28.2. The Morgan fingerprint density at radius 1 is 1.44 bits per heavy atom. The van der Waals surface area contributed by atoms with Crippen LogP contribution in [0.15, 0.2) is 0 Å². The second-order valence-corrected chi connectivity index (χ2v) is 7.08. The van der Waals surface area contributed by atoms with Crippen molar-refractivity contribution in [2.75, 3.05) is 18.4 Å². The summed E-state index contributed by atoms with van der Waals surface area (Å²) in [5.74, 6) is 0.645. The van der Waals surface area contributed by atoms with E-state index in [1.165, 1.54) is 0 Å². The number of alkyl halides is 1. The van der Waals surface area contributed by atoms with Gasteiger partial charge in [0.25, 0.3) is 10.2 Å². The summed E-state index contributed by atoms with van der Waals surface area (Å²) in [6, 6.07) is -0.0104. The van der Waals surface area contributed by atoms with Gasteiger partial charge in [-0.2, -0.15) is 17.4 Å². The van der Waals surface area contributed by atoms with Gasteiger partial charge in [0.05, 0.1) is 0 Å². The van der Waals surface area contributed by atoms with E-state index < -0.39 is 10.2 Å². The normalized spacial score (nSPS) is 22.2. The summed E-state index contributed by atoms with van der Waals surface area (Å²) in [7, 11) is -3.27. The highest BCUT2D eigenvalue weighted by Crippen LogP contribution is 2.18. The van der Waals surface area contributed by atoms with Crippen molar-refractivity contribution in [1.29, 1.82) is 0 Å². The highest BCUT2D eigenvalue weighted by Gasteiger charge is 2.27. The standard InChI is InChI=1S/C10H21BrN2O2S/c1-9-4-7-13(8-5-9)16(14,15)12-10(2)3-6-11/h9-10,12H,3-8H2,1-2H3. The molecule has 1 heterocycles. The van der Waals surface area contributed by atoms with Gasteiger partial charge in [0.2, 0.25) is 0 Å². The van der Waals surface area contributed by atoms with Crippen LogP contribution >= 0.6 is 15.9 Å². The lowest BCUT2D eigenvalue weighted by Crippen LogP contribution is -2.47. The van der Waals surface area contributed by atoms with Crippen LogP contribution in [0.25, 0.3) is 0 Å². The van der Waals surface area contributed by atoms with E-state index in [1.54, 1.807) is 4.31 Å². The molecule has 96 valence electrons. The SMILES string of the molecule is CC1CCN(S(=O)(=O)NC(C)CCBr)CC1. The Hall–Kier alpha value is 0.350. The molecule has 0 aromatic heterocycles. The van der Waals surface area contributed by atoms with Crippen LogP contribution in [0.1, 0.15) is 33.1 Å². The second-order valence-electron chi connectivity index (χ2n) is 4.58. The summed E-state index contributed by atoms with van der Waals surface area (Å²) in [6.07, 6.45) is 2.74. The Labute approximate surface area is 107 Å². The van der Waals surface area contributed by atoms with E-state index in [1.807, 2.05) is 6.92 Å². The molecule has 1 saturated heterocycles. The van der Waals surface area contributed by atoms with E-state index in [9.17, 15) is 8.42 Å². The molecule has 0 spiro atoms. The monoisotopic (exact) mass is 312 g/mol. The minimum absolute atomic E-state index is 0.0104. The molecular formula is C10H21BrN2O2S. The molecule has 0 saturated carbocycles. The van der Waals surface area contributed by atoms with E-state index in [0.717, 1.165) is 24.6 Å². The van der Waals surface area contributed by atoms with Gasteiger partial charge in [-0.3, -0.25) is 0 Å². The third kappa shape index (κ3) is 4.31. The molecule has 0 bridgehead atoms. The molecule has 0 radical (unpaired) electrons. The average Bonchev–Trinajstić information content (AvgIpc) is 2.17. The molecule has 1 atom stereocenters. The van der Waals surface area contributed by atoms with Crippen molar-refractivity contribution in [1.82, 2.24) is 9.03 Å². The first-order valence-electron chi connectivity index (χ1n) is 5.79. The smallest absolute Gasteiger partial charge is 0.199 e. The molecule has 0 aromatic carbocycles. The highest BCUT2D eigenvalue weighted by atomic mass is 79.9. The van der Waals surface area contributed by atoms with E-state index >= 15 is 0 Å². The first kappa shape index (κ1) is 14.4. The fraction of sp³-hybridized carbons (Fsp3) is 1.00. The van der Waals surface area contributed by atoms with Crippen molar-refractivity contribution in [3.63, 3.8) is 0 Å². The molecule has 0 aromatic rings. The number of hydrogen-bond donors (Lipinski definition) is 1. The molecule has 4 nitrogen and oxygen atoms in total. The number of nitrogens with zero attached hydrogens (tertiary/aromatic N) is 1. The fourth-order valence-corrected chi connectivity index (χ4v) is 3.93. The van der Waals surface area contributed by atoms with Crippen LogP contribution in [0.3, 0.4) is 0 Å². The van der Waals surface area contributed by atoms with Gasteiger partial charge >= 0.3 is 0 Å². The second kappa shape index (κ2) is 6.33. The molecule has 1 unspecified atom stereocenters. The van der Waals surface area contributed by atoms with Crippen LogP contribution in [0.4, 0.5) is 0 Å². The zero-order valence-corrected chi connectivity index (χ0v) is 12.3. The Morgan fingerprint density at radius 2 is 2.00 bits per heavy atom. The summed E-state index contributed by atoms with van der Waals surface area (Å²) in [6.45, 7) is 5.37. The first-order chi connectivity index (χ1) is 7.45. The van der Waals surface area contributed by atoms with E-state index in [-0.39, 0.29) is 6.04 Å². The Balaban J connectivity index is 2.50. The van der Waals surface area contributed by atoms with Crippen LogP contribution in [-0.2, 0) is 10.2 Å². The quantitative estimate of drug-likeness (QED) is 0.786. The molecule has 1 rings (SSSR count). The lowest BCUT2D eigenvalue weighted by Gasteiger charge is -2.30. The molecule has 16 heavy (non-hydrogen) atoms. The van der Waals surface area contributed by atoms with Gasteiger partial charge in [-0.25, -0.2) is 0 Å². The third-order valence-electron chi connectivity index (χ3n) is 2.97. The lowest BCUT2D eigenvalue weighted by molar-refractivity contribution is 0.283. The first-order valence-corrected chi connectivity index (χ1v) is 8.35. The van der Waals surface area contributed by atoms with Gasteiger partial charge < -0.3 is 0 Å². The van der Waals surface area contributed by atoms with Crippen molar-refractivity contribution in [2.45, 2.75) is 39.2 Å². The van der Waals surface area contributed by atoms with E-state index in [2.05, 4.69) is 27.6 Å². The van der Waals surface area contributed by atoms with Gasteiger partial charge in [-0.05, 0) is 32.1 Å². The summed E-state index contributed by atoms with van der Waals surface area (Å²) in [5, 5.41) is 0.813. The van der Waals surface area contributed by atoms with Crippen molar-refractivity contribution < 1.29 is 8.42 Å². The Kier molecular flexibility index (Phi) is 5.70. The van der Waals surface area contributed by atoms with Crippen LogP contribution < -0.4 is 4.72 Å². The topological polar surface area (TPSA) is 49.4 Å². The van der Waals surface area contributed by atoms with Crippen LogP contribution in [-0.4, -0.2) is 37.2 Å². The van der Waals surface area contributed by atoms with Crippen molar-refractivity contribution in [2.24, 2.45) is 5.92 Å². The maximum Gasteiger partial charge on any atom is 0.279 e. The van der Waals surface area contributed by atoms with Gasteiger partial charge in [-0.15, -0.1) is 0 Å². The predicted octanol–water partition coefficient (Wildman–Crippen LogP) is 1.73. The number of nitrogens with one attached hydrogen (secondary N) is 1. The number of halogens is 1. The van der Waals surface area contributed by atoms with Crippen LogP contribution in [0, 0.1) is 5.92 Å². The highest BCUT2D eigenvalue weighted by molar-refractivity contribution is 9.09. The zero-order valence-electron chi connectivity index (χ0n) is 9.95. The maximum atomic E-state index is 12.0. The van der Waals surface area contributed by atoms with Crippen molar-refractivity contribution in [3.8, 4) is 0 Å². The minimum atomic E-state index is -3.27. The molecule has 6 heteroatoms. The molecular weight excluding hydrogens is 292 g/mol. The third-order valence-corrected chi connectivity index (χ3v) is 5.18. The lowest BCUT2D eigenvalue weighted by atomic mass is 10.0. The summed E-state index contributed by atoms with van der Waals surface area (Å²) >= 11 is 3.31. The Bertz CT molecular complexity index is 300. The van der Waals surface area contributed by atoms with Gasteiger partial charge in [0.1, 0.15) is 0 Å². The Morgan fingerprint density at radius 3 is 2.50 bits per heavy atom. The molecule has 1 fully saturated rings. The average molecular weight is 313 g/mol. The molecule has 1 aliphatic rings. The van der Waals surface area contributed by atoms with E-state index in [0.29, 0.717) is 19.0 Å². The molecule has 0 aliphatic carbocycles. The predicted molar refractivity (Wildman–Crippen MR) is 69.9 cm³/mol. The van der Waals surface area contributed by atoms with Crippen LogP contribution in [0.2, 0.25) is 0 Å². The molecule has 1 N–H and O–H groups in total. The number of piperidine rings is 1. The summed E-state index contributed by atoms with van der Waals surface area (Å²) in [5.41, 5.74) is 0. The zero-order chi connectivity index (χ0) is 12.2. The largest absolute Gasteiger partial charge is 0.279 e. The molecule has 1 aliphatic heterocycles. The van der Waals surface area contributed by atoms with Crippen LogP contribution in [0.5, 0.6) is 0 Å². The minimum Gasteiger partial charge on any atom is -0.199 e. The van der Waals surface area contributed by atoms with Gasteiger partial charge in [0.15, 0.2) is 0 Å². The van der Waals surface area contributed by atoms with Gasteiger partial charge in [-0.1, -0.05) is 22.9 Å². The molecule has 0 amide bonds. The number of rotatable bonds is 5.